The summed E-state index contributed by atoms with van der Waals surface area (Å²) >= 11 is 0. The Morgan fingerprint density at radius 1 is 0.895 bits per heavy atom. The minimum atomic E-state index is -0.515. The van der Waals surface area contributed by atoms with Crippen LogP contribution >= 0.6 is 0 Å². The maximum atomic E-state index is 11.2. The van der Waals surface area contributed by atoms with Gasteiger partial charge in [-0.05, 0) is 59.4 Å². The third-order valence-corrected chi connectivity index (χ3v) is 1.58. The first-order chi connectivity index (χ1) is 8.60. The molecule has 6 nitrogen and oxygen atoms in total. The highest BCUT2D eigenvalue weighted by Gasteiger charge is 2.14. The Hall–Kier alpha value is -0.690. The summed E-state index contributed by atoms with van der Waals surface area (Å²) in [7, 11) is 0. The van der Waals surface area contributed by atoms with Crippen molar-refractivity contribution in [2.45, 2.75) is 72.0 Å². The Bertz CT molecular complexity index is 251. The van der Waals surface area contributed by atoms with E-state index in [1.165, 1.54) is 0 Å². The molecule has 0 saturated heterocycles. The molecule has 0 rings (SSSR count). The fourth-order valence-electron chi connectivity index (χ4n) is 0.847. The van der Waals surface area contributed by atoms with Gasteiger partial charge in [-0.2, -0.15) is 4.89 Å². The maximum absolute atomic E-state index is 11.2. The van der Waals surface area contributed by atoms with E-state index in [1.54, 1.807) is 20.8 Å². The van der Waals surface area contributed by atoms with Gasteiger partial charge < -0.3 is 0 Å². The van der Waals surface area contributed by atoms with Crippen molar-refractivity contribution in [2.24, 2.45) is 0 Å². The van der Waals surface area contributed by atoms with Gasteiger partial charge in [0.25, 0.3) is 0 Å². The molecule has 0 bridgehead atoms. The topological polar surface area (TPSA) is 63.2 Å². The fraction of sp³-hybridized carbons (Fsp3) is 0.923. The lowest BCUT2D eigenvalue weighted by atomic mass is 10.2. The van der Waals surface area contributed by atoms with Crippen LogP contribution in [0.1, 0.15) is 60.8 Å². The van der Waals surface area contributed by atoms with Gasteiger partial charge in [-0.15, -0.1) is 0 Å². The highest BCUT2D eigenvalue weighted by Crippen LogP contribution is 2.09. The summed E-state index contributed by atoms with van der Waals surface area (Å²) in [5.41, 5.74) is -0.838. The van der Waals surface area contributed by atoms with Crippen LogP contribution in [-0.2, 0) is 29.4 Å². The van der Waals surface area contributed by atoms with Crippen LogP contribution in [0.2, 0.25) is 0 Å². The third kappa shape index (κ3) is 15.3. The van der Waals surface area contributed by atoms with E-state index in [0.717, 1.165) is 0 Å². The molecule has 0 aromatic carbocycles. The Labute approximate surface area is 115 Å². The first kappa shape index (κ1) is 18.3. The van der Waals surface area contributed by atoms with E-state index in [-0.39, 0.29) is 12.0 Å². The van der Waals surface area contributed by atoms with Crippen LogP contribution in [0.25, 0.3) is 0 Å². The Balaban J connectivity index is 3.40. The number of rotatable bonds is 8. The van der Waals surface area contributed by atoms with Gasteiger partial charge >= 0.3 is 5.97 Å². The summed E-state index contributed by atoms with van der Waals surface area (Å²) in [5.74, 6) is -0.471. The molecule has 6 heteroatoms. The molecule has 0 fully saturated rings. The van der Waals surface area contributed by atoms with Crippen molar-refractivity contribution in [1.82, 2.24) is 0 Å². The van der Waals surface area contributed by atoms with Crippen molar-refractivity contribution < 1.29 is 29.4 Å². The molecule has 0 atom stereocenters. The summed E-state index contributed by atoms with van der Waals surface area (Å²) < 4.78 is 0. The smallest absolute Gasteiger partial charge is 0.269 e. The number of carbonyl (C=O) groups is 1. The molecule has 0 aromatic rings. The quantitative estimate of drug-likeness (QED) is 0.386. The molecule has 0 N–H and O–H groups in total. The second-order valence-corrected chi connectivity index (χ2v) is 6.19. The van der Waals surface area contributed by atoms with Crippen molar-refractivity contribution in [3.8, 4) is 0 Å². The molecule has 0 aromatic heterocycles. The van der Waals surface area contributed by atoms with Crippen molar-refractivity contribution in [3.05, 3.63) is 0 Å². The first-order valence-corrected chi connectivity index (χ1v) is 6.46. The normalized spacial score (nSPS) is 12.5. The third-order valence-electron chi connectivity index (χ3n) is 1.58. The SMILES string of the molecule is CC(C)(C)OOCCCCC(=O)OOOC(C)(C)C. The zero-order valence-corrected chi connectivity index (χ0v) is 12.8. The molecular formula is C13H26O6. The van der Waals surface area contributed by atoms with Crippen LogP contribution in [0.4, 0.5) is 0 Å². The number of carbonyl (C=O) groups excluding carboxylic acids is 1. The molecule has 0 amide bonds. The first-order valence-electron chi connectivity index (χ1n) is 6.46. The minimum Gasteiger partial charge on any atom is -0.269 e. The summed E-state index contributed by atoms with van der Waals surface area (Å²) in [5, 5.41) is 4.38. The maximum Gasteiger partial charge on any atom is 0.345 e. The molecular weight excluding hydrogens is 252 g/mol. The molecule has 0 aliphatic heterocycles. The van der Waals surface area contributed by atoms with E-state index in [0.29, 0.717) is 19.4 Å². The van der Waals surface area contributed by atoms with Gasteiger partial charge in [0.05, 0.1) is 17.8 Å². The van der Waals surface area contributed by atoms with Crippen LogP contribution in [-0.4, -0.2) is 23.8 Å². The van der Waals surface area contributed by atoms with E-state index in [9.17, 15) is 4.79 Å². The largest absolute Gasteiger partial charge is 0.345 e. The zero-order chi connectivity index (χ0) is 14.9. The molecule has 19 heavy (non-hydrogen) atoms. The highest BCUT2D eigenvalue weighted by molar-refractivity contribution is 5.68. The van der Waals surface area contributed by atoms with Gasteiger partial charge in [0.1, 0.15) is 0 Å². The fourth-order valence-corrected chi connectivity index (χ4v) is 0.847. The lowest BCUT2D eigenvalue weighted by Gasteiger charge is -2.17. The predicted octanol–water partition coefficient (Wildman–Crippen LogP) is 3.11. The van der Waals surface area contributed by atoms with E-state index < -0.39 is 11.6 Å². The molecule has 0 aliphatic carbocycles. The molecule has 0 spiro atoms. The monoisotopic (exact) mass is 278 g/mol. The van der Waals surface area contributed by atoms with Gasteiger partial charge in [-0.25, -0.2) is 14.6 Å². The van der Waals surface area contributed by atoms with Gasteiger partial charge in [0.2, 0.25) is 0 Å². The van der Waals surface area contributed by atoms with Crippen molar-refractivity contribution in [2.75, 3.05) is 6.61 Å². The number of hydrogen-bond acceptors (Lipinski definition) is 6. The second kappa shape index (κ2) is 8.47. The summed E-state index contributed by atoms with van der Waals surface area (Å²) in [6, 6.07) is 0. The standard InChI is InChI=1S/C13H26O6/c1-12(2,3)17-15-10-8-7-9-11(14)16-19-18-13(4,5)6/h7-10H2,1-6H3. The van der Waals surface area contributed by atoms with Crippen LogP contribution < -0.4 is 0 Å². The van der Waals surface area contributed by atoms with Crippen LogP contribution in [0.5, 0.6) is 0 Å². The van der Waals surface area contributed by atoms with Crippen LogP contribution in [0, 0.1) is 0 Å². The van der Waals surface area contributed by atoms with Gasteiger partial charge in [0.15, 0.2) is 0 Å². The highest BCUT2D eigenvalue weighted by atomic mass is 17.5. The van der Waals surface area contributed by atoms with Crippen molar-refractivity contribution >= 4 is 5.97 Å². The van der Waals surface area contributed by atoms with Gasteiger partial charge in [-0.1, -0.05) is 0 Å². The van der Waals surface area contributed by atoms with E-state index in [1.807, 2.05) is 20.8 Å². The van der Waals surface area contributed by atoms with E-state index >= 15 is 0 Å². The summed E-state index contributed by atoms with van der Waals surface area (Å²) in [4.78, 5) is 30.5. The van der Waals surface area contributed by atoms with Crippen molar-refractivity contribution in [3.63, 3.8) is 0 Å². The average molecular weight is 278 g/mol. The summed E-state index contributed by atoms with van der Waals surface area (Å²) in [6.45, 7) is 11.5. The van der Waals surface area contributed by atoms with Crippen LogP contribution in [0.3, 0.4) is 0 Å². The average Bonchev–Trinajstić information content (AvgIpc) is 2.19. The summed E-state index contributed by atoms with van der Waals surface area (Å²) in [6.07, 6.45) is 1.57. The predicted molar refractivity (Wildman–Crippen MR) is 68.7 cm³/mol. The number of hydrogen-bond donors (Lipinski definition) is 0. The Kier molecular flexibility index (Phi) is 8.17. The molecule has 114 valence electrons. The Morgan fingerprint density at radius 2 is 1.47 bits per heavy atom. The van der Waals surface area contributed by atoms with Gasteiger partial charge in [0, 0.05) is 6.42 Å². The van der Waals surface area contributed by atoms with E-state index in [4.69, 9.17) is 14.7 Å². The molecule has 0 aliphatic rings. The molecule has 0 saturated carbocycles. The van der Waals surface area contributed by atoms with Crippen LogP contribution in [0.15, 0.2) is 0 Å². The lowest BCUT2D eigenvalue weighted by Crippen LogP contribution is -2.21. The minimum absolute atomic E-state index is 0.242. The zero-order valence-electron chi connectivity index (χ0n) is 12.8. The molecule has 0 heterocycles. The van der Waals surface area contributed by atoms with E-state index in [2.05, 4.69) is 9.93 Å². The van der Waals surface area contributed by atoms with Crippen molar-refractivity contribution in [1.29, 1.82) is 0 Å². The lowest BCUT2D eigenvalue weighted by molar-refractivity contribution is -0.514. The van der Waals surface area contributed by atoms with Gasteiger partial charge in [-0.3, -0.25) is 4.89 Å². The molecule has 0 unspecified atom stereocenters. The molecule has 0 radical (unpaired) electrons. The Morgan fingerprint density at radius 3 is 2.00 bits per heavy atom. The number of unbranched alkanes of at least 4 members (excludes halogenated alkanes) is 1. The second-order valence-electron chi connectivity index (χ2n) is 6.19.